The molecule has 0 aliphatic heterocycles. The molecule has 3 N–H and O–H groups in total. The van der Waals surface area contributed by atoms with Gasteiger partial charge in [0.15, 0.2) is 0 Å². The zero-order valence-corrected chi connectivity index (χ0v) is 13.0. The zero-order valence-electron chi connectivity index (χ0n) is 13.0. The van der Waals surface area contributed by atoms with Crippen molar-refractivity contribution in [3.8, 4) is 0 Å². The number of hydrogen-bond acceptors (Lipinski definition) is 4. The summed E-state index contributed by atoms with van der Waals surface area (Å²) in [6, 6.07) is 0. The molecule has 0 saturated heterocycles. The summed E-state index contributed by atoms with van der Waals surface area (Å²) in [7, 11) is 0. The van der Waals surface area contributed by atoms with Crippen LogP contribution in [0.2, 0.25) is 0 Å². The second-order valence-corrected chi connectivity index (χ2v) is 6.56. The highest BCUT2D eigenvalue weighted by atomic mass is 15.0. The minimum absolute atomic E-state index is 0.593. The van der Waals surface area contributed by atoms with Gasteiger partial charge in [0.25, 0.3) is 0 Å². The fraction of sp³-hybridized carbons (Fsp3) is 0.765. The van der Waals surface area contributed by atoms with E-state index in [0.29, 0.717) is 11.8 Å². The van der Waals surface area contributed by atoms with E-state index in [0.717, 1.165) is 31.0 Å². The van der Waals surface area contributed by atoms with E-state index in [4.69, 9.17) is 10.7 Å². The SMILES string of the molecule is NCCCNc1cnc(C2CCCCC2)nc1C1CCC1. The van der Waals surface area contributed by atoms with Gasteiger partial charge >= 0.3 is 0 Å². The molecule has 21 heavy (non-hydrogen) atoms. The van der Waals surface area contributed by atoms with Crippen molar-refractivity contribution >= 4 is 5.69 Å². The molecule has 3 rings (SSSR count). The van der Waals surface area contributed by atoms with Crippen LogP contribution in [0.25, 0.3) is 0 Å². The van der Waals surface area contributed by atoms with Crippen LogP contribution in [-0.2, 0) is 0 Å². The summed E-state index contributed by atoms with van der Waals surface area (Å²) in [6.45, 7) is 1.65. The van der Waals surface area contributed by atoms with Crippen LogP contribution in [0.15, 0.2) is 6.20 Å². The van der Waals surface area contributed by atoms with Crippen LogP contribution in [0.4, 0.5) is 5.69 Å². The maximum Gasteiger partial charge on any atom is 0.131 e. The molecule has 2 saturated carbocycles. The van der Waals surface area contributed by atoms with Gasteiger partial charge in [0.05, 0.1) is 17.6 Å². The summed E-state index contributed by atoms with van der Waals surface area (Å²) in [5.74, 6) is 2.34. The smallest absolute Gasteiger partial charge is 0.131 e. The largest absolute Gasteiger partial charge is 0.382 e. The van der Waals surface area contributed by atoms with Gasteiger partial charge in [0.2, 0.25) is 0 Å². The van der Waals surface area contributed by atoms with E-state index < -0.39 is 0 Å². The van der Waals surface area contributed by atoms with Gasteiger partial charge in [-0.15, -0.1) is 0 Å². The second kappa shape index (κ2) is 7.21. The number of nitrogens with zero attached hydrogens (tertiary/aromatic N) is 2. The predicted molar refractivity (Wildman–Crippen MR) is 86.6 cm³/mol. The molecule has 0 bridgehead atoms. The molecule has 2 fully saturated rings. The normalized spacial score (nSPS) is 20.2. The molecule has 0 spiro atoms. The molecule has 1 aromatic rings. The minimum atomic E-state index is 0.593. The van der Waals surface area contributed by atoms with Crippen molar-refractivity contribution in [2.45, 2.75) is 69.6 Å². The summed E-state index contributed by atoms with van der Waals surface area (Å²) < 4.78 is 0. The van der Waals surface area contributed by atoms with Gasteiger partial charge in [-0.05, 0) is 38.6 Å². The topological polar surface area (TPSA) is 63.8 Å². The lowest BCUT2D eigenvalue weighted by molar-refractivity contribution is 0.400. The lowest BCUT2D eigenvalue weighted by Gasteiger charge is -2.28. The molecule has 2 aliphatic carbocycles. The molecule has 1 heterocycles. The van der Waals surface area contributed by atoms with Crippen LogP contribution >= 0.6 is 0 Å². The van der Waals surface area contributed by atoms with Gasteiger partial charge in [0.1, 0.15) is 5.82 Å². The molecular formula is C17H28N4. The molecule has 4 heteroatoms. The maximum atomic E-state index is 5.58. The van der Waals surface area contributed by atoms with E-state index in [1.165, 1.54) is 57.1 Å². The fourth-order valence-corrected chi connectivity index (χ4v) is 3.42. The number of aromatic nitrogens is 2. The first-order chi connectivity index (χ1) is 10.4. The van der Waals surface area contributed by atoms with E-state index in [9.17, 15) is 0 Å². The first kappa shape index (κ1) is 14.8. The van der Waals surface area contributed by atoms with Crippen molar-refractivity contribution in [1.82, 2.24) is 9.97 Å². The summed E-state index contributed by atoms with van der Waals surface area (Å²) >= 11 is 0. The van der Waals surface area contributed by atoms with Crippen LogP contribution in [-0.4, -0.2) is 23.1 Å². The van der Waals surface area contributed by atoms with Crippen molar-refractivity contribution in [3.63, 3.8) is 0 Å². The molecule has 0 aromatic carbocycles. The van der Waals surface area contributed by atoms with Crippen LogP contribution in [0.1, 0.15) is 81.1 Å². The average Bonchev–Trinajstić information content (AvgIpc) is 2.48. The van der Waals surface area contributed by atoms with Crippen molar-refractivity contribution in [2.75, 3.05) is 18.4 Å². The van der Waals surface area contributed by atoms with Crippen LogP contribution < -0.4 is 11.1 Å². The standard InChI is InChI=1S/C17H28N4/c18-10-5-11-19-15-12-20-17(14-6-2-1-3-7-14)21-16(15)13-8-4-9-13/h12-14,19H,1-11,18H2. The summed E-state index contributed by atoms with van der Waals surface area (Å²) in [5.41, 5.74) is 8.00. The van der Waals surface area contributed by atoms with Crippen molar-refractivity contribution in [1.29, 1.82) is 0 Å². The molecule has 1 aromatic heterocycles. The predicted octanol–water partition coefficient (Wildman–Crippen LogP) is 3.55. The van der Waals surface area contributed by atoms with Gasteiger partial charge in [-0.2, -0.15) is 0 Å². The summed E-state index contributed by atoms with van der Waals surface area (Å²) in [5, 5.41) is 3.49. The lowest BCUT2D eigenvalue weighted by Crippen LogP contribution is -2.18. The van der Waals surface area contributed by atoms with Gasteiger partial charge in [-0.3, -0.25) is 0 Å². The van der Waals surface area contributed by atoms with Gasteiger partial charge in [-0.25, -0.2) is 9.97 Å². The Balaban J connectivity index is 1.76. The maximum absolute atomic E-state index is 5.58. The van der Waals surface area contributed by atoms with Crippen LogP contribution in [0.3, 0.4) is 0 Å². The van der Waals surface area contributed by atoms with Crippen LogP contribution in [0.5, 0.6) is 0 Å². The third kappa shape index (κ3) is 3.54. The summed E-state index contributed by atoms with van der Waals surface area (Å²) in [6.07, 6.45) is 13.5. The monoisotopic (exact) mass is 288 g/mol. The highest BCUT2D eigenvalue weighted by molar-refractivity contribution is 5.48. The van der Waals surface area contributed by atoms with Crippen molar-refractivity contribution in [2.24, 2.45) is 5.73 Å². The third-order valence-corrected chi connectivity index (χ3v) is 5.00. The highest BCUT2D eigenvalue weighted by Gasteiger charge is 2.26. The number of hydrogen-bond donors (Lipinski definition) is 2. The van der Waals surface area contributed by atoms with Crippen molar-refractivity contribution < 1.29 is 0 Å². The molecule has 0 atom stereocenters. The van der Waals surface area contributed by atoms with E-state index in [1.54, 1.807) is 0 Å². The quantitative estimate of drug-likeness (QED) is 0.786. The highest BCUT2D eigenvalue weighted by Crippen LogP contribution is 2.40. The van der Waals surface area contributed by atoms with Gasteiger partial charge < -0.3 is 11.1 Å². The van der Waals surface area contributed by atoms with Crippen LogP contribution in [0, 0.1) is 0 Å². The Kier molecular flexibility index (Phi) is 5.07. The second-order valence-electron chi connectivity index (χ2n) is 6.56. The Labute approximate surface area is 127 Å². The average molecular weight is 288 g/mol. The van der Waals surface area contributed by atoms with E-state index in [1.807, 2.05) is 6.20 Å². The van der Waals surface area contributed by atoms with Gasteiger partial charge in [-0.1, -0.05) is 25.7 Å². The Morgan fingerprint density at radius 1 is 1.05 bits per heavy atom. The number of nitrogens with two attached hydrogens (primary N) is 1. The molecule has 4 nitrogen and oxygen atoms in total. The van der Waals surface area contributed by atoms with Gasteiger partial charge in [0, 0.05) is 18.4 Å². The fourth-order valence-electron chi connectivity index (χ4n) is 3.42. The van der Waals surface area contributed by atoms with Crippen molar-refractivity contribution in [3.05, 3.63) is 17.7 Å². The number of nitrogens with one attached hydrogen (secondary N) is 1. The number of rotatable bonds is 6. The Hall–Kier alpha value is -1.16. The van der Waals surface area contributed by atoms with E-state index in [2.05, 4.69) is 10.3 Å². The molecule has 116 valence electrons. The number of anilines is 1. The molecule has 0 radical (unpaired) electrons. The molecule has 0 amide bonds. The zero-order chi connectivity index (χ0) is 14.5. The molecular weight excluding hydrogens is 260 g/mol. The molecule has 0 unspecified atom stereocenters. The Bertz CT molecular complexity index is 450. The Morgan fingerprint density at radius 3 is 2.48 bits per heavy atom. The Morgan fingerprint density at radius 2 is 1.81 bits per heavy atom. The first-order valence-electron chi connectivity index (χ1n) is 8.69. The summed E-state index contributed by atoms with van der Waals surface area (Å²) in [4.78, 5) is 9.67. The van der Waals surface area contributed by atoms with E-state index in [-0.39, 0.29) is 0 Å². The lowest BCUT2D eigenvalue weighted by atomic mass is 9.82. The first-order valence-corrected chi connectivity index (χ1v) is 8.69. The minimum Gasteiger partial charge on any atom is -0.382 e. The molecule has 2 aliphatic rings. The third-order valence-electron chi connectivity index (χ3n) is 5.00. The van der Waals surface area contributed by atoms with E-state index >= 15 is 0 Å².